The maximum absolute atomic E-state index is 12.2. The molecule has 0 fully saturated rings. The minimum absolute atomic E-state index is 0.0998. The highest BCUT2D eigenvalue weighted by Gasteiger charge is 2.15. The number of nitrogens with zero attached hydrogens (tertiary/aromatic N) is 4. The van der Waals surface area contributed by atoms with E-state index in [1.807, 2.05) is 19.4 Å². The summed E-state index contributed by atoms with van der Waals surface area (Å²) < 4.78 is 4.92. The summed E-state index contributed by atoms with van der Waals surface area (Å²) in [4.78, 5) is 23.4. The Morgan fingerprint density at radius 2 is 2.25 bits per heavy atom. The maximum atomic E-state index is 12.2. The molecule has 6 nitrogen and oxygen atoms in total. The Bertz CT molecular complexity index is 578. The zero-order valence-electron chi connectivity index (χ0n) is 11.9. The second-order valence-electron chi connectivity index (χ2n) is 4.50. The van der Waals surface area contributed by atoms with Crippen LogP contribution in [0.2, 0.25) is 0 Å². The Morgan fingerprint density at radius 3 is 2.80 bits per heavy atom. The lowest BCUT2D eigenvalue weighted by Crippen LogP contribution is -2.30. The van der Waals surface area contributed by atoms with Gasteiger partial charge in [-0.15, -0.1) is 11.3 Å². The minimum Gasteiger partial charge on any atom is -0.340 e. The molecule has 2 heterocycles. The van der Waals surface area contributed by atoms with Crippen molar-refractivity contribution in [1.29, 1.82) is 0 Å². The number of aryl methyl sites for hydroxylation is 3. The van der Waals surface area contributed by atoms with Crippen molar-refractivity contribution in [2.75, 3.05) is 6.54 Å². The van der Waals surface area contributed by atoms with Crippen molar-refractivity contribution in [3.63, 3.8) is 0 Å². The van der Waals surface area contributed by atoms with E-state index in [2.05, 4.69) is 15.1 Å². The predicted octanol–water partition coefficient (Wildman–Crippen LogP) is 2.12. The molecule has 1 amide bonds. The van der Waals surface area contributed by atoms with Gasteiger partial charge in [-0.3, -0.25) is 4.79 Å². The molecule has 0 saturated carbocycles. The van der Waals surface area contributed by atoms with E-state index in [1.165, 1.54) is 4.88 Å². The van der Waals surface area contributed by atoms with Crippen molar-refractivity contribution in [3.8, 4) is 0 Å². The van der Waals surface area contributed by atoms with Crippen LogP contribution in [0.15, 0.2) is 10.0 Å². The zero-order valence-corrected chi connectivity index (χ0v) is 12.7. The Labute approximate surface area is 121 Å². The summed E-state index contributed by atoms with van der Waals surface area (Å²) in [6.45, 7) is 6.68. The van der Waals surface area contributed by atoms with E-state index in [-0.39, 0.29) is 5.91 Å². The van der Waals surface area contributed by atoms with Crippen LogP contribution in [-0.4, -0.2) is 32.5 Å². The van der Waals surface area contributed by atoms with E-state index in [0.29, 0.717) is 31.2 Å². The van der Waals surface area contributed by atoms with E-state index in [0.717, 1.165) is 12.1 Å². The largest absolute Gasteiger partial charge is 0.340 e. The van der Waals surface area contributed by atoms with Crippen LogP contribution in [0.5, 0.6) is 0 Å². The number of hydrogen-bond donors (Lipinski definition) is 0. The molecule has 0 saturated heterocycles. The minimum atomic E-state index is 0.0998. The van der Waals surface area contributed by atoms with Gasteiger partial charge in [0.25, 0.3) is 0 Å². The first-order chi connectivity index (χ1) is 9.60. The predicted molar refractivity (Wildman–Crippen MR) is 75.3 cm³/mol. The van der Waals surface area contributed by atoms with E-state index < -0.39 is 0 Å². The van der Waals surface area contributed by atoms with E-state index in [1.54, 1.807) is 23.2 Å². The molecule has 0 bridgehead atoms. The molecule has 0 radical (unpaired) electrons. The molecule has 0 unspecified atom stereocenters. The quantitative estimate of drug-likeness (QED) is 0.816. The molecule has 0 aliphatic carbocycles. The molecule has 108 valence electrons. The molecule has 0 atom stereocenters. The lowest BCUT2D eigenvalue weighted by Gasteiger charge is -2.18. The Balaban J connectivity index is 1.90. The fourth-order valence-electron chi connectivity index (χ4n) is 1.90. The SMILES string of the molecule is CCN(Cc1noc(C)n1)C(=O)CCc1scnc1C. The first-order valence-electron chi connectivity index (χ1n) is 6.56. The van der Waals surface area contributed by atoms with Crippen LogP contribution in [0, 0.1) is 13.8 Å². The van der Waals surface area contributed by atoms with Crippen LogP contribution in [0.3, 0.4) is 0 Å². The maximum Gasteiger partial charge on any atom is 0.223 e. The van der Waals surface area contributed by atoms with Crippen LogP contribution >= 0.6 is 11.3 Å². The topological polar surface area (TPSA) is 72.1 Å². The Morgan fingerprint density at radius 1 is 1.45 bits per heavy atom. The molecule has 2 aromatic rings. The molecule has 7 heteroatoms. The number of carbonyl (C=O) groups excluding carboxylic acids is 1. The highest BCUT2D eigenvalue weighted by atomic mass is 32.1. The molecule has 0 spiro atoms. The zero-order chi connectivity index (χ0) is 14.5. The van der Waals surface area contributed by atoms with Gasteiger partial charge in [0.15, 0.2) is 5.82 Å². The fraction of sp³-hybridized carbons (Fsp3) is 0.538. The van der Waals surface area contributed by atoms with Gasteiger partial charge < -0.3 is 9.42 Å². The number of carbonyl (C=O) groups is 1. The lowest BCUT2D eigenvalue weighted by molar-refractivity contribution is -0.131. The standard InChI is InChI=1S/C13H18N4O2S/c1-4-17(7-12-15-10(3)19-16-12)13(18)6-5-11-9(2)14-8-20-11/h8H,4-7H2,1-3H3. The molecule has 20 heavy (non-hydrogen) atoms. The number of rotatable bonds is 6. The smallest absolute Gasteiger partial charge is 0.223 e. The van der Waals surface area contributed by atoms with Crippen LogP contribution < -0.4 is 0 Å². The van der Waals surface area contributed by atoms with Crippen molar-refractivity contribution >= 4 is 17.2 Å². The van der Waals surface area contributed by atoms with Gasteiger partial charge in [-0.05, 0) is 20.3 Å². The van der Waals surface area contributed by atoms with E-state index >= 15 is 0 Å². The van der Waals surface area contributed by atoms with Gasteiger partial charge in [-0.25, -0.2) is 4.98 Å². The first kappa shape index (κ1) is 14.6. The summed E-state index contributed by atoms with van der Waals surface area (Å²) in [5, 5.41) is 3.82. The summed E-state index contributed by atoms with van der Waals surface area (Å²) in [5.41, 5.74) is 2.83. The average Bonchev–Trinajstić information content (AvgIpc) is 3.02. The third-order valence-electron chi connectivity index (χ3n) is 3.05. The van der Waals surface area contributed by atoms with Crippen LogP contribution in [0.4, 0.5) is 0 Å². The van der Waals surface area contributed by atoms with Crippen LogP contribution in [0.1, 0.15) is 35.6 Å². The normalized spacial score (nSPS) is 10.8. The summed E-state index contributed by atoms with van der Waals surface area (Å²) in [5.74, 6) is 1.17. The van der Waals surface area contributed by atoms with Crippen molar-refractivity contribution in [2.45, 2.75) is 40.2 Å². The summed E-state index contributed by atoms with van der Waals surface area (Å²) in [6, 6.07) is 0. The molecular formula is C13H18N4O2S. The molecule has 2 rings (SSSR count). The second-order valence-corrected chi connectivity index (χ2v) is 5.44. The molecule has 0 N–H and O–H groups in total. The van der Waals surface area contributed by atoms with Crippen molar-refractivity contribution in [1.82, 2.24) is 20.0 Å². The van der Waals surface area contributed by atoms with Gasteiger partial charge in [0.1, 0.15) is 0 Å². The molecule has 0 aliphatic rings. The molecule has 0 aromatic carbocycles. The second kappa shape index (κ2) is 6.60. The summed E-state index contributed by atoms with van der Waals surface area (Å²) >= 11 is 1.60. The number of hydrogen-bond acceptors (Lipinski definition) is 6. The van der Waals surface area contributed by atoms with Crippen LogP contribution in [0.25, 0.3) is 0 Å². The third-order valence-corrected chi connectivity index (χ3v) is 4.04. The van der Waals surface area contributed by atoms with Gasteiger partial charge >= 0.3 is 0 Å². The van der Waals surface area contributed by atoms with E-state index in [4.69, 9.17) is 4.52 Å². The van der Waals surface area contributed by atoms with Gasteiger partial charge in [-0.1, -0.05) is 5.16 Å². The monoisotopic (exact) mass is 294 g/mol. The van der Waals surface area contributed by atoms with Crippen molar-refractivity contribution < 1.29 is 9.32 Å². The number of thiazole rings is 1. The third kappa shape index (κ3) is 3.63. The molecule has 0 aliphatic heterocycles. The van der Waals surface area contributed by atoms with Gasteiger partial charge in [-0.2, -0.15) is 4.98 Å². The molecular weight excluding hydrogens is 276 g/mol. The van der Waals surface area contributed by atoms with Crippen LogP contribution in [-0.2, 0) is 17.8 Å². The van der Waals surface area contributed by atoms with Gasteiger partial charge in [0, 0.05) is 24.8 Å². The van der Waals surface area contributed by atoms with E-state index in [9.17, 15) is 4.79 Å². The number of aromatic nitrogens is 3. The Kier molecular flexibility index (Phi) is 4.84. The fourth-order valence-corrected chi connectivity index (χ4v) is 2.68. The first-order valence-corrected chi connectivity index (χ1v) is 7.44. The van der Waals surface area contributed by atoms with Crippen molar-refractivity contribution in [3.05, 3.63) is 27.8 Å². The highest BCUT2D eigenvalue weighted by Crippen LogP contribution is 2.15. The summed E-state index contributed by atoms with van der Waals surface area (Å²) in [6.07, 6.45) is 1.21. The number of amides is 1. The molecule has 2 aromatic heterocycles. The van der Waals surface area contributed by atoms with Crippen molar-refractivity contribution in [2.24, 2.45) is 0 Å². The Hall–Kier alpha value is -1.76. The lowest BCUT2D eigenvalue weighted by atomic mass is 10.2. The van der Waals surface area contributed by atoms with Gasteiger partial charge in [0.2, 0.25) is 11.8 Å². The highest BCUT2D eigenvalue weighted by molar-refractivity contribution is 7.09. The average molecular weight is 294 g/mol. The summed E-state index contributed by atoms with van der Waals surface area (Å²) in [7, 11) is 0. The van der Waals surface area contributed by atoms with Gasteiger partial charge in [0.05, 0.1) is 17.7 Å².